The number of aliphatic hydroxyl groups is 7. The smallest absolute Gasteiger partial charge is 0.166 e. The van der Waals surface area contributed by atoms with Crippen LogP contribution in [0.15, 0.2) is 148 Å². The van der Waals surface area contributed by atoms with Crippen LogP contribution in [0.1, 0.15) is 52.9 Å². The highest BCUT2D eigenvalue weighted by Gasteiger charge is 2.64. The quantitative estimate of drug-likeness (QED) is 0.0596. The van der Waals surface area contributed by atoms with E-state index in [1.165, 1.54) is 0 Å². The summed E-state index contributed by atoms with van der Waals surface area (Å²) in [6, 6.07) is 0. The molecule has 20 atom stereocenters. The van der Waals surface area contributed by atoms with E-state index >= 15 is 0 Å². The Hall–Kier alpha value is -4.83. The van der Waals surface area contributed by atoms with Crippen LogP contribution in [0, 0.1) is 0 Å². The molecule has 0 aromatic heterocycles. The number of alkyl halides is 1. The van der Waals surface area contributed by atoms with E-state index < -0.39 is 137 Å². The minimum Gasteiger partial charge on any atom is -0.389 e. The van der Waals surface area contributed by atoms with Gasteiger partial charge in [-0.3, -0.25) is 0 Å². The van der Waals surface area contributed by atoms with Crippen molar-refractivity contribution in [1.82, 2.24) is 24.5 Å². The van der Waals surface area contributed by atoms with E-state index in [2.05, 4.69) is 172 Å². The van der Waals surface area contributed by atoms with Gasteiger partial charge in [0.2, 0.25) is 0 Å². The van der Waals surface area contributed by atoms with Crippen LogP contribution >= 0.6 is 50.4 Å². The molecule has 110 heavy (non-hydrogen) atoms. The van der Waals surface area contributed by atoms with Crippen molar-refractivity contribution in [2.75, 3.05) is 111 Å². The van der Waals surface area contributed by atoms with Crippen molar-refractivity contribution >= 4 is 111 Å². The van der Waals surface area contributed by atoms with Crippen LogP contribution in [-0.2, 0) is 33.2 Å². The van der Waals surface area contributed by atoms with E-state index in [9.17, 15) is 35.7 Å². The lowest BCUT2D eigenvalue weighted by Crippen LogP contribution is -2.51. The molecule has 0 radical (unpaired) electrons. The minimum absolute atomic E-state index is 0.204. The van der Waals surface area contributed by atoms with E-state index in [1.54, 1.807) is 75.6 Å². The Labute approximate surface area is 660 Å². The molecule has 12 aliphatic heterocycles. The number of hydrogen-bond acceptors (Lipinski definition) is 29. The third-order valence-corrected chi connectivity index (χ3v) is 28.9. The second-order valence-corrected chi connectivity index (χ2v) is 56.7. The molecular weight excluding hydrogens is 1570 g/mol. The lowest BCUT2D eigenvalue weighted by atomic mass is 9.94. The fourth-order valence-electron chi connectivity index (χ4n) is 13.9. The number of nitrogens with two attached hydrogens (primary N) is 5. The van der Waals surface area contributed by atoms with Crippen molar-refractivity contribution in [3.05, 3.63) is 123 Å². The molecule has 12 rings (SSSR count). The van der Waals surface area contributed by atoms with Gasteiger partial charge >= 0.3 is 0 Å². The first-order chi connectivity index (χ1) is 50.6. The molecule has 29 nitrogen and oxygen atoms in total. The Morgan fingerprint density at radius 2 is 0.827 bits per heavy atom. The molecule has 0 amide bonds. The molecule has 12 heterocycles. The molecule has 7 fully saturated rings. The Morgan fingerprint density at radius 1 is 0.464 bits per heavy atom. The minimum atomic E-state index is -1.43. The Kier molecular flexibility index (Phi) is 28.8. The van der Waals surface area contributed by atoms with E-state index in [1.807, 2.05) is 24.9 Å². The maximum absolute atomic E-state index is 10.7. The van der Waals surface area contributed by atoms with Crippen molar-refractivity contribution in [1.29, 1.82) is 0 Å². The molecule has 0 aromatic carbocycles. The van der Waals surface area contributed by atoms with Crippen molar-refractivity contribution < 1.29 is 68.9 Å². The summed E-state index contributed by atoms with van der Waals surface area (Å²) in [7, 11) is 0. The first-order valence-electron chi connectivity index (χ1n) is 36.5. The lowest BCUT2D eigenvalue weighted by Gasteiger charge is -2.37. The number of fused-ring (bicyclic) bond motifs is 4. The summed E-state index contributed by atoms with van der Waals surface area (Å²) in [5.41, 5.74) is 25.7. The summed E-state index contributed by atoms with van der Waals surface area (Å²) in [5, 5.41) is 73.6. The number of aliphatic hydroxyl groups excluding tert-OH is 6. The van der Waals surface area contributed by atoms with Gasteiger partial charge in [-0.25, -0.2) is 25.0 Å². The highest BCUT2D eigenvalue weighted by molar-refractivity contribution is 9.09. The van der Waals surface area contributed by atoms with Gasteiger partial charge in [-0.15, -0.1) is 65.9 Å². The molecule has 0 aliphatic carbocycles. The molecule has 4 bridgehead atoms. The summed E-state index contributed by atoms with van der Waals surface area (Å²) in [6.07, 6.45) is 35.7. The van der Waals surface area contributed by atoms with Crippen molar-refractivity contribution in [3.8, 4) is 0 Å². The van der Waals surface area contributed by atoms with Gasteiger partial charge in [0, 0.05) is 36.6 Å². The van der Waals surface area contributed by atoms with Crippen molar-refractivity contribution in [2.45, 2.75) is 172 Å². The van der Waals surface area contributed by atoms with E-state index in [-0.39, 0.29) is 17.2 Å². The molecule has 0 saturated carbocycles. The number of rotatable bonds is 20. The number of aliphatic imine (C=N–C) groups is 5. The third kappa shape index (κ3) is 22.0. The number of ether oxygens (including phenoxy) is 7. The van der Waals surface area contributed by atoms with Gasteiger partial charge in [0.25, 0.3) is 0 Å². The topological polar surface area (TPSA) is 414 Å². The molecule has 7 saturated heterocycles. The molecule has 0 aromatic rings. The standard InChI is InChI=1S/C16H26N3O3P.C15H24N3O3P.2C15H26N3O3P.C14H23BrN3O2P/c1-10-8-19(11(2)18-14(10)17)15-12-13(20)16(22-15,9-21-12)6-7-23(3,4)5;1-10-17-11(16)5-7-18(10)14-12-13(19)15(21-14,9-20-12)6-8-22(2,3)4;1-10-17-12(16)6-8-18(10)14-15(2,20)13(19)11(21-14)7-9-22(3,4)5;1-10-17-11(16)6-8-18(10)14-12(19)13(20)15(2,21-14)7-9-22(3,4)5;1-9-17-11(16)5-7-18(9)14-12(15)13(19)10(20-14)6-8-21(2,3)4/h8,12-13,15,20H,2-3,6-7,9H2,1,4-5H3,(H2,17,18);5,7,12-14,19H,1-2,6,8-9H2,3-4H3,(H2,16,17);6,8,11,13-14,19-20H,1,3,7,9H2,2,4-5H3,(H2,16,17);6,8,12-14,19-20H,1,3,7,9H2,2,4-5H3,(H2,16,17);5,7,10,12-14,19H,1-2,6,8H2,3-4H3,(H2,16,17)/t12-,13+,15?,16+;12-,13+,14?,15+;11-,13-,14?,15-;12-,13+,14?,15-;10-,12-,13-,14?/m11111/s1. The predicted octanol–water partition coefficient (Wildman–Crippen LogP) is 4.34. The van der Waals surface area contributed by atoms with Crippen LogP contribution in [-0.4, -0.2) is 351 Å². The van der Waals surface area contributed by atoms with Gasteiger partial charge in [0.05, 0.1) is 42.0 Å². The van der Waals surface area contributed by atoms with Gasteiger partial charge < -0.3 is 122 Å². The Bertz CT molecular complexity index is 4030. The largest absolute Gasteiger partial charge is 0.389 e. The summed E-state index contributed by atoms with van der Waals surface area (Å²) in [4.78, 5) is 29.0. The lowest BCUT2D eigenvalue weighted by molar-refractivity contribution is -0.181. The third-order valence-electron chi connectivity index (χ3n) is 20.7. The SMILES string of the molecule is C=C1N=C(N)C(C)=CN1C1O[C@@]2(CCP(=C)(C)C)CO[C@@H]1[C@@H]2O.C=C1N=C(N)C=CN1C1O[C@@]2(CCP(=C)(C)C)CO[C@@H]1[C@@H]2O.C=C1N=C(N)C=CN1C1O[C@H](CCP(=C)(C)C)[C@@H](O)[C@@]1(C)O.C=C1N=C(N)C=CN1C1O[C@H](CCP(=C)(C)C)[C@@H](O)[C@H]1Br.C=C1N=C(N)C=CN1C1O[C@](C)(CCP(=C)(C)C)[C@@H](O)[C@H]1O. The number of hydrogen-bond donors (Lipinski definition) is 12. The van der Waals surface area contributed by atoms with Gasteiger partial charge in [-0.05, 0) is 175 Å². The molecule has 616 valence electrons. The summed E-state index contributed by atoms with van der Waals surface area (Å²) in [6.45, 7) is 41.2. The Balaban J connectivity index is 0.000000173. The first-order valence-corrected chi connectivity index (χ1v) is 52.7. The molecule has 35 heteroatoms. The van der Waals surface area contributed by atoms with Gasteiger partial charge in [0.15, 0.2) is 31.1 Å². The monoisotopic (exact) mass is 1690 g/mol. The average Bonchev–Trinajstić information content (AvgIpc) is 1.58. The highest BCUT2D eigenvalue weighted by Crippen LogP contribution is 2.51. The fourth-order valence-corrected chi connectivity index (χ4v) is 19.5. The fraction of sp³-hybridized carbons (Fsp3) is 0.600. The maximum Gasteiger partial charge on any atom is 0.166 e. The van der Waals surface area contributed by atoms with E-state index in [0.717, 1.165) is 55.6 Å². The Morgan fingerprint density at radius 3 is 1.24 bits per heavy atom. The maximum atomic E-state index is 10.7. The zero-order valence-electron chi connectivity index (χ0n) is 66.5. The van der Waals surface area contributed by atoms with Crippen molar-refractivity contribution in [3.63, 3.8) is 0 Å². The number of halogens is 1. The second-order valence-electron chi connectivity index (χ2n) is 34.0. The van der Waals surface area contributed by atoms with Crippen LogP contribution in [0.3, 0.4) is 0 Å². The summed E-state index contributed by atoms with van der Waals surface area (Å²) >= 11 is 3.53. The zero-order chi connectivity index (χ0) is 82.3. The molecule has 12 aliphatic rings. The number of amidine groups is 5. The van der Waals surface area contributed by atoms with Crippen LogP contribution in [0.25, 0.3) is 0 Å². The van der Waals surface area contributed by atoms with Gasteiger partial charge in [0.1, 0.15) is 118 Å². The second kappa shape index (κ2) is 34.9. The molecule has 5 unspecified atom stereocenters. The predicted molar refractivity (Wildman–Crippen MR) is 465 cm³/mol. The van der Waals surface area contributed by atoms with Crippen LogP contribution in [0.2, 0.25) is 0 Å². The summed E-state index contributed by atoms with van der Waals surface area (Å²) < 4.78 is 42.1. The average molecular weight is 1700 g/mol. The zero-order valence-corrected chi connectivity index (χ0v) is 72.5. The van der Waals surface area contributed by atoms with Crippen LogP contribution in [0.4, 0.5) is 0 Å². The van der Waals surface area contributed by atoms with E-state index in [4.69, 9.17) is 61.8 Å². The molecule has 17 N–H and O–H groups in total. The number of nitrogens with zero attached hydrogens (tertiary/aromatic N) is 10. The van der Waals surface area contributed by atoms with Gasteiger partial charge in [-0.1, -0.05) is 48.8 Å². The molecular formula is C75H125BrN15O14P5. The molecule has 0 spiro atoms. The van der Waals surface area contributed by atoms with Crippen LogP contribution < -0.4 is 28.7 Å². The van der Waals surface area contributed by atoms with Crippen molar-refractivity contribution in [2.24, 2.45) is 53.6 Å². The normalized spacial score (nSPS) is 36.0. The first kappa shape index (κ1) is 90.7. The highest BCUT2D eigenvalue weighted by atomic mass is 79.9. The summed E-state index contributed by atoms with van der Waals surface area (Å²) in [5.74, 6) is 4.24. The van der Waals surface area contributed by atoms with E-state index in [0.29, 0.717) is 84.3 Å². The van der Waals surface area contributed by atoms with Gasteiger partial charge in [-0.2, -0.15) is 0 Å². The van der Waals surface area contributed by atoms with Crippen LogP contribution in [0.5, 0.6) is 0 Å².